The van der Waals surface area contributed by atoms with E-state index in [0.29, 0.717) is 28.8 Å². The second-order valence-corrected chi connectivity index (χ2v) is 5.76. The van der Waals surface area contributed by atoms with E-state index in [0.717, 1.165) is 25.9 Å². The quantitative estimate of drug-likeness (QED) is 0.928. The number of likely N-dealkylation sites (tertiary alicyclic amines) is 1. The van der Waals surface area contributed by atoms with Crippen LogP contribution in [0.1, 0.15) is 19.3 Å². The first-order valence-electron chi connectivity index (χ1n) is 6.90. The molecule has 0 unspecified atom stereocenters. The zero-order chi connectivity index (χ0) is 14.5. The van der Waals surface area contributed by atoms with Crippen molar-refractivity contribution in [1.29, 1.82) is 0 Å². The fourth-order valence-electron chi connectivity index (χ4n) is 2.48. The number of carbonyl (C=O) groups excluding carboxylic acids is 1. The van der Waals surface area contributed by atoms with E-state index in [1.165, 1.54) is 0 Å². The predicted octanol–water partition coefficient (Wildman–Crippen LogP) is 3.02. The lowest BCUT2D eigenvalue weighted by Gasteiger charge is -2.28. The van der Waals surface area contributed by atoms with Crippen molar-refractivity contribution in [2.24, 2.45) is 5.92 Å². The van der Waals surface area contributed by atoms with E-state index >= 15 is 0 Å². The van der Waals surface area contributed by atoms with Crippen molar-refractivity contribution in [3.05, 3.63) is 23.2 Å². The number of rotatable bonds is 4. The van der Waals surface area contributed by atoms with Gasteiger partial charge in [-0.1, -0.05) is 11.6 Å². The van der Waals surface area contributed by atoms with E-state index < -0.39 is 0 Å². The molecule has 2 rings (SSSR count). The van der Waals surface area contributed by atoms with Gasteiger partial charge in [0.05, 0.1) is 12.1 Å². The molecule has 0 spiro atoms. The summed E-state index contributed by atoms with van der Waals surface area (Å²) in [4.78, 5) is 14.3. The number of carbonyl (C=O) groups is 1. The Morgan fingerprint density at radius 1 is 1.45 bits per heavy atom. The van der Waals surface area contributed by atoms with Crippen LogP contribution in [0.15, 0.2) is 18.2 Å². The summed E-state index contributed by atoms with van der Waals surface area (Å²) in [6.45, 7) is 2.15. The zero-order valence-electron chi connectivity index (χ0n) is 12.0. The number of ether oxygens (including phenoxy) is 1. The average Bonchev–Trinajstić information content (AvgIpc) is 2.41. The number of nitrogens with zero attached hydrogens (tertiary/aromatic N) is 1. The van der Waals surface area contributed by atoms with E-state index in [2.05, 4.69) is 17.3 Å². The first kappa shape index (κ1) is 15.1. The van der Waals surface area contributed by atoms with Crippen LogP contribution in [-0.4, -0.2) is 38.1 Å². The maximum atomic E-state index is 12.0. The van der Waals surface area contributed by atoms with Crippen molar-refractivity contribution in [3.63, 3.8) is 0 Å². The van der Waals surface area contributed by atoms with Crippen LogP contribution >= 0.6 is 11.6 Å². The Hall–Kier alpha value is -1.26. The molecule has 1 aromatic rings. The summed E-state index contributed by atoms with van der Waals surface area (Å²) in [6.07, 6.45) is 2.76. The highest BCUT2D eigenvalue weighted by Crippen LogP contribution is 2.27. The second-order valence-electron chi connectivity index (χ2n) is 5.35. The minimum absolute atomic E-state index is 0.0563. The molecule has 5 heteroatoms. The molecule has 0 bridgehead atoms. The molecule has 110 valence electrons. The number of hydrogen-bond donors (Lipinski definition) is 1. The van der Waals surface area contributed by atoms with E-state index in [1.54, 1.807) is 25.3 Å². The van der Waals surface area contributed by atoms with Crippen molar-refractivity contribution < 1.29 is 9.53 Å². The van der Waals surface area contributed by atoms with Gasteiger partial charge in [0, 0.05) is 12.1 Å². The van der Waals surface area contributed by atoms with E-state index in [4.69, 9.17) is 16.3 Å². The molecule has 1 saturated heterocycles. The maximum absolute atomic E-state index is 12.0. The van der Waals surface area contributed by atoms with Gasteiger partial charge in [0.2, 0.25) is 5.91 Å². The minimum Gasteiger partial charge on any atom is -0.495 e. The Bertz CT molecular complexity index is 471. The lowest BCUT2D eigenvalue weighted by atomic mass is 9.93. The van der Waals surface area contributed by atoms with Gasteiger partial charge in [-0.15, -0.1) is 0 Å². The maximum Gasteiger partial charge on any atom is 0.224 e. The molecule has 20 heavy (non-hydrogen) atoms. The van der Waals surface area contributed by atoms with Gasteiger partial charge in [-0.25, -0.2) is 0 Å². The van der Waals surface area contributed by atoms with Crippen LogP contribution in [0.3, 0.4) is 0 Å². The third kappa shape index (κ3) is 4.12. The molecule has 1 aromatic carbocycles. The normalized spacial score (nSPS) is 16.9. The molecule has 1 N–H and O–H groups in total. The van der Waals surface area contributed by atoms with Crippen LogP contribution in [0.5, 0.6) is 5.75 Å². The van der Waals surface area contributed by atoms with Crippen LogP contribution in [-0.2, 0) is 4.79 Å². The molecule has 0 aromatic heterocycles. The van der Waals surface area contributed by atoms with Crippen molar-refractivity contribution >= 4 is 23.2 Å². The lowest BCUT2D eigenvalue weighted by molar-refractivity contribution is -0.117. The molecule has 4 nitrogen and oxygen atoms in total. The monoisotopic (exact) mass is 296 g/mol. The van der Waals surface area contributed by atoms with Gasteiger partial charge in [-0.3, -0.25) is 4.79 Å². The molecule has 0 atom stereocenters. The molecule has 0 radical (unpaired) electrons. The summed E-state index contributed by atoms with van der Waals surface area (Å²) in [5.74, 6) is 1.15. The summed E-state index contributed by atoms with van der Waals surface area (Å²) < 4.78 is 5.09. The molecule has 0 saturated carbocycles. The Balaban J connectivity index is 1.86. The standard InChI is InChI=1S/C15H21ClN2O2/c1-18-7-5-11(6-8-18)9-15(19)17-12-3-4-14(20-2)13(16)10-12/h3-4,10-11H,5-9H2,1-2H3,(H,17,19). The summed E-state index contributed by atoms with van der Waals surface area (Å²) in [5, 5.41) is 3.40. The highest BCUT2D eigenvalue weighted by atomic mass is 35.5. The summed E-state index contributed by atoms with van der Waals surface area (Å²) >= 11 is 6.04. The van der Waals surface area contributed by atoms with Crippen molar-refractivity contribution in [1.82, 2.24) is 4.90 Å². The lowest BCUT2D eigenvalue weighted by Crippen LogP contribution is -2.31. The zero-order valence-corrected chi connectivity index (χ0v) is 12.7. The van der Waals surface area contributed by atoms with Gasteiger partial charge in [0.15, 0.2) is 0 Å². The number of benzene rings is 1. The number of amides is 1. The molecule has 1 aliphatic heterocycles. The Kier molecular flexibility index (Phi) is 5.26. The summed E-state index contributed by atoms with van der Waals surface area (Å²) in [6, 6.07) is 5.28. The smallest absolute Gasteiger partial charge is 0.224 e. The largest absolute Gasteiger partial charge is 0.495 e. The molecule has 1 fully saturated rings. The first-order valence-corrected chi connectivity index (χ1v) is 7.28. The predicted molar refractivity (Wildman–Crippen MR) is 81.5 cm³/mol. The SMILES string of the molecule is COc1ccc(NC(=O)CC2CCN(C)CC2)cc1Cl. The minimum atomic E-state index is 0.0563. The molecular weight excluding hydrogens is 276 g/mol. The molecule has 1 amide bonds. The van der Waals surface area contributed by atoms with Crippen molar-refractivity contribution in [2.75, 3.05) is 32.6 Å². The third-order valence-electron chi connectivity index (χ3n) is 3.75. The van der Waals surface area contributed by atoms with E-state index in [1.807, 2.05) is 0 Å². The number of anilines is 1. The van der Waals surface area contributed by atoms with Crippen LogP contribution in [0.4, 0.5) is 5.69 Å². The van der Waals surface area contributed by atoms with Gasteiger partial charge < -0.3 is 15.0 Å². The number of nitrogens with one attached hydrogen (secondary N) is 1. The molecule has 1 aliphatic rings. The number of methoxy groups -OCH3 is 1. The van der Waals surface area contributed by atoms with Gasteiger partial charge in [-0.2, -0.15) is 0 Å². The Labute approximate surface area is 125 Å². The highest BCUT2D eigenvalue weighted by Gasteiger charge is 2.19. The fourth-order valence-corrected chi connectivity index (χ4v) is 2.74. The van der Waals surface area contributed by atoms with Crippen LogP contribution in [0.25, 0.3) is 0 Å². The third-order valence-corrected chi connectivity index (χ3v) is 4.04. The molecule has 0 aliphatic carbocycles. The summed E-state index contributed by atoms with van der Waals surface area (Å²) in [5.41, 5.74) is 0.716. The summed E-state index contributed by atoms with van der Waals surface area (Å²) in [7, 11) is 3.69. The van der Waals surface area contributed by atoms with E-state index in [-0.39, 0.29) is 5.91 Å². The first-order chi connectivity index (χ1) is 9.58. The van der Waals surface area contributed by atoms with Crippen molar-refractivity contribution in [3.8, 4) is 5.75 Å². The van der Waals surface area contributed by atoms with Gasteiger partial charge >= 0.3 is 0 Å². The van der Waals surface area contributed by atoms with Crippen LogP contribution in [0.2, 0.25) is 5.02 Å². The number of hydrogen-bond acceptors (Lipinski definition) is 3. The molecule has 1 heterocycles. The number of halogens is 1. The van der Waals surface area contributed by atoms with Crippen LogP contribution < -0.4 is 10.1 Å². The van der Waals surface area contributed by atoms with Gasteiger partial charge in [0.25, 0.3) is 0 Å². The van der Waals surface area contributed by atoms with Gasteiger partial charge in [0.1, 0.15) is 5.75 Å². The Morgan fingerprint density at radius 3 is 2.75 bits per heavy atom. The fraction of sp³-hybridized carbons (Fsp3) is 0.533. The van der Waals surface area contributed by atoms with Gasteiger partial charge in [-0.05, 0) is 57.1 Å². The average molecular weight is 297 g/mol. The topological polar surface area (TPSA) is 41.6 Å². The Morgan fingerprint density at radius 2 is 2.15 bits per heavy atom. The van der Waals surface area contributed by atoms with Crippen molar-refractivity contribution in [2.45, 2.75) is 19.3 Å². The van der Waals surface area contributed by atoms with E-state index in [9.17, 15) is 4.79 Å². The second kappa shape index (κ2) is 6.95. The molecular formula is C15H21ClN2O2. The highest BCUT2D eigenvalue weighted by molar-refractivity contribution is 6.32. The van der Waals surface area contributed by atoms with Crippen LogP contribution in [0, 0.1) is 5.92 Å². The number of piperidine rings is 1.